The van der Waals surface area contributed by atoms with Crippen LogP contribution in [0.25, 0.3) is 11.1 Å². The summed E-state index contributed by atoms with van der Waals surface area (Å²) in [5.41, 5.74) is 9.89. The van der Waals surface area contributed by atoms with Crippen molar-refractivity contribution in [3.8, 4) is 28.7 Å². The Balaban J connectivity index is 2.19. The van der Waals surface area contributed by atoms with E-state index in [1.807, 2.05) is 6.07 Å². The number of hydrogen-bond acceptors (Lipinski definition) is 6. The minimum Gasteiger partial charge on any atom is -0.504 e. The number of pyridine rings is 1. The number of fused-ring (bicyclic) bond motifs is 1. The van der Waals surface area contributed by atoms with E-state index < -0.39 is 0 Å². The lowest BCUT2D eigenvalue weighted by molar-refractivity contribution is 0.253. The van der Waals surface area contributed by atoms with E-state index in [0.29, 0.717) is 11.3 Å². The molecule has 3 N–H and O–H groups in total. The molecule has 0 unspecified atom stereocenters. The highest BCUT2D eigenvalue weighted by atomic mass is 16.5. The molecule has 3 rings (SSSR count). The smallest absolute Gasteiger partial charge is 0.160 e. The number of benzene rings is 1. The zero-order valence-corrected chi connectivity index (χ0v) is 14.5. The van der Waals surface area contributed by atoms with E-state index in [2.05, 4.69) is 22.9 Å². The quantitative estimate of drug-likeness (QED) is 0.890. The van der Waals surface area contributed by atoms with Gasteiger partial charge in [0.15, 0.2) is 11.5 Å². The number of ether oxygens (including phenoxy) is 1. The molecule has 0 bridgehead atoms. The Morgan fingerprint density at radius 2 is 2.24 bits per heavy atom. The molecule has 6 nitrogen and oxygen atoms in total. The SMILES string of the molecule is CCCN1CCc2nc(N)c(C#N)c(-c3ccc(OC)c(O)c3)c2C1. The van der Waals surface area contributed by atoms with Crippen molar-refractivity contribution in [2.24, 2.45) is 0 Å². The van der Waals surface area contributed by atoms with Crippen LogP contribution in [0.15, 0.2) is 18.2 Å². The second kappa shape index (κ2) is 6.99. The van der Waals surface area contributed by atoms with Crippen molar-refractivity contribution in [3.05, 3.63) is 35.0 Å². The Morgan fingerprint density at radius 3 is 2.88 bits per heavy atom. The minimum atomic E-state index is 0.0363. The number of nitriles is 1. The van der Waals surface area contributed by atoms with E-state index in [0.717, 1.165) is 54.9 Å². The number of phenolic OH excluding ortho intramolecular Hbond substituents is 1. The van der Waals surface area contributed by atoms with Crippen molar-refractivity contribution in [1.82, 2.24) is 9.88 Å². The van der Waals surface area contributed by atoms with Crippen LogP contribution in [0.1, 0.15) is 30.2 Å². The van der Waals surface area contributed by atoms with Crippen LogP contribution >= 0.6 is 0 Å². The summed E-state index contributed by atoms with van der Waals surface area (Å²) in [5, 5.41) is 19.8. The van der Waals surface area contributed by atoms with Gasteiger partial charge in [0.05, 0.1) is 7.11 Å². The third kappa shape index (κ3) is 3.11. The number of nitrogen functional groups attached to an aromatic ring is 1. The van der Waals surface area contributed by atoms with Gasteiger partial charge in [0.25, 0.3) is 0 Å². The first-order chi connectivity index (χ1) is 12.1. The van der Waals surface area contributed by atoms with Crippen molar-refractivity contribution in [3.63, 3.8) is 0 Å². The third-order valence-corrected chi connectivity index (χ3v) is 4.58. The van der Waals surface area contributed by atoms with E-state index in [4.69, 9.17) is 10.5 Å². The number of aromatic nitrogens is 1. The molecule has 0 aliphatic carbocycles. The Kier molecular flexibility index (Phi) is 4.77. The largest absolute Gasteiger partial charge is 0.504 e. The molecule has 0 fully saturated rings. The zero-order chi connectivity index (χ0) is 18.0. The van der Waals surface area contributed by atoms with Gasteiger partial charge in [-0.1, -0.05) is 13.0 Å². The normalized spacial score (nSPS) is 14.0. The molecule has 1 aromatic carbocycles. The summed E-state index contributed by atoms with van der Waals surface area (Å²) in [5.74, 6) is 0.676. The highest BCUT2D eigenvalue weighted by Gasteiger charge is 2.25. The summed E-state index contributed by atoms with van der Waals surface area (Å²) >= 11 is 0. The average Bonchev–Trinajstić information content (AvgIpc) is 2.61. The second-order valence-corrected chi connectivity index (χ2v) is 6.20. The number of anilines is 1. The average molecular weight is 338 g/mol. The lowest BCUT2D eigenvalue weighted by Crippen LogP contribution is -2.32. The van der Waals surface area contributed by atoms with Crippen LogP contribution < -0.4 is 10.5 Å². The van der Waals surface area contributed by atoms with Crippen LogP contribution in [0.5, 0.6) is 11.5 Å². The molecule has 0 saturated heterocycles. The van der Waals surface area contributed by atoms with Gasteiger partial charge in [-0.05, 0) is 36.2 Å². The first-order valence-electron chi connectivity index (χ1n) is 8.40. The fraction of sp³-hybridized carbons (Fsp3) is 0.368. The van der Waals surface area contributed by atoms with E-state index >= 15 is 0 Å². The molecule has 6 heteroatoms. The van der Waals surface area contributed by atoms with Gasteiger partial charge in [0, 0.05) is 30.8 Å². The number of methoxy groups -OCH3 is 1. The Labute approximate surface area is 147 Å². The number of hydrogen-bond donors (Lipinski definition) is 2. The summed E-state index contributed by atoms with van der Waals surface area (Å²) in [6, 6.07) is 7.34. The summed E-state index contributed by atoms with van der Waals surface area (Å²) in [6.07, 6.45) is 1.88. The summed E-state index contributed by atoms with van der Waals surface area (Å²) in [4.78, 5) is 6.82. The summed E-state index contributed by atoms with van der Waals surface area (Å²) in [6.45, 7) is 4.82. The first-order valence-corrected chi connectivity index (χ1v) is 8.40. The lowest BCUT2D eigenvalue weighted by atomic mass is 9.91. The van der Waals surface area contributed by atoms with Crippen LogP contribution in [0.4, 0.5) is 5.82 Å². The van der Waals surface area contributed by atoms with E-state index in [-0.39, 0.29) is 11.6 Å². The highest BCUT2D eigenvalue weighted by molar-refractivity contribution is 5.80. The van der Waals surface area contributed by atoms with Gasteiger partial charge >= 0.3 is 0 Å². The molecule has 0 amide bonds. The van der Waals surface area contributed by atoms with Gasteiger partial charge in [-0.25, -0.2) is 4.98 Å². The van der Waals surface area contributed by atoms with Gasteiger partial charge in [-0.3, -0.25) is 4.90 Å². The minimum absolute atomic E-state index is 0.0363. The van der Waals surface area contributed by atoms with Crippen molar-refractivity contribution < 1.29 is 9.84 Å². The van der Waals surface area contributed by atoms with Crippen molar-refractivity contribution in [2.75, 3.05) is 25.9 Å². The fourth-order valence-corrected chi connectivity index (χ4v) is 3.42. The number of aromatic hydroxyl groups is 1. The predicted molar refractivity (Wildman–Crippen MR) is 96.3 cm³/mol. The molecule has 1 aliphatic heterocycles. The van der Waals surface area contributed by atoms with Crippen molar-refractivity contribution in [1.29, 1.82) is 5.26 Å². The standard InChI is InChI=1S/C19H22N4O2/c1-3-7-23-8-6-15-14(11-23)18(13(10-20)19(21)22-15)12-4-5-17(25-2)16(24)9-12/h4-5,9,24H,3,6-8,11H2,1-2H3,(H2,21,22). The highest BCUT2D eigenvalue weighted by Crippen LogP contribution is 2.38. The molecule has 1 aliphatic rings. The molecule has 25 heavy (non-hydrogen) atoms. The van der Waals surface area contributed by atoms with Gasteiger partial charge < -0.3 is 15.6 Å². The molecule has 1 aromatic heterocycles. The Bertz CT molecular complexity index is 842. The molecule has 0 spiro atoms. The van der Waals surface area contributed by atoms with Gasteiger partial charge in [0.1, 0.15) is 17.5 Å². The maximum atomic E-state index is 10.2. The third-order valence-electron chi connectivity index (χ3n) is 4.58. The summed E-state index contributed by atoms with van der Waals surface area (Å²) in [7, 11) is 1.50. The van der Waals surface area contributed by atoms with E-state index in [9.17, 15) is 10.4 Å². The number of rotatable bonds is 4. The maximum Gasteiger partial charge on any atom is 0.160 e. The maximum absolute atomic E-state index is 10.2. The van der Waals surface area contributed by atoms with Crippen LogP contribution in [-0.2, 0) is 13.0 Å². The second-order valence-electron chi connectivity index (χ2n) is 6.20. The van der Waals surface area contributed by atoms with Crippen LogP contribution in [0, 0.1) is 11.3 Å². The lowest BCUT2D eigenvalue weighted by Gasteiger charge is -2.30. The van der Waals surface area contributed by atoms with Crippen molar-refractivity contribution in [2.45, 2.75) is 26.3 Å². The van der Waals surface area contributed by atoms with Gasteiger partial charge in [0.2, 0.25) is 0 Å². The zero-order valence-electron chi connectivity index (χ0n) is 14.5. The topological polar surface area (TPSA) is 95.4 Å². The molecule has 130 valence electrons. The van der Waals surface area contributed by atoms with Crippen LogP contribution in [0.3, 0.4) is 0 Å². The molecule has 2 heterocycles. The molecule has 0 saturated carbocycles. The fourth-order valence-electron chi connectivity index (χ4n) is 3.42. The molecule has 0 atom stereocenters. The first kappa shape index (κ1) is 17.1. The molecule has 2 aromatic rings. The molecular weight excluding hydrogens is 316 g/mol. The Hall–Kier alpha value is -2.78. The van der Waals surface area contributed by atoms with Crippen LogP contribution in [-0.4, -0.2) is 35.2 Å². The van der Waals surface area contributed by atoms with Gasteiger partial charge in [-0.2, -0.15) is 5.26 Å². The number of phenols is 1. The molecular formula is C19H22N4O2. The van der Waals surface area contributed by atoms with Crippen molar-refractivity contribution >= 4 is 5.82 Å². The van der Waals surface area contributed by atoms with E-state index in [1.165, 1.54) is 7.11 Å². The Morgan fingerprint density at radius 1 is 1.44 bits per heavy atom. The van der Waals surface area contributed by atoms with Crippen LogP contribution in [0.2, 0.25) is 0 Å². The summed E-state index contributed by atoms with van der Waals surface area (Å²) < 4.78 is 5.12. The number of nitrogens with two attached hydrogens (primary N) is 1. The predicted octanol–water partition coefficient (Wildman–Crippen LogP) is 2.68. The van der Waals surface area contributed by atoms with Gasteiger partial charge in [-0.15, -0.1) is 0 Å². The monoisotopic (exact) mass is 338 g/mol. The number of nitrogens with zero attached hydrogens (tertiary/aromatic N) is 3. The van der Waals surface area contributed by atoms with E-state index in [1.54, 1.807) is 12.1 Å². The molecule has 0 radical (unpaired) electrons.